The minimum atomic E-state index is -0.288. The molecule has 0 radical (unpaired) electrons. The summed E-state index contributed by atoms with van der Waals surface area (Å²) in [5, 5.41) is 6.98. The minimum Gasteiger partial charge on any atom is -0.489 e. The van der Waals surface area contributed by atoms with Gasteiger partial charge in [0.2, 0.25) is 0 Å². The smallest absolute Gasteiger partial charge is 0.257 e. The number of hydrogen-bond donors (Lipinski definition) is 2. The second-order valence-corrected chi connectivity index (χ2v) is 9.71. The number of anilines is 1. The standard InChI is InChI=1S/C29H23N3O2S2/c1-19-7-16-25-26(17-19)36-28(31-25)22-8-12-23(13-9-22)30-29(35)32-27(33)21-10-14-24(15-11-21)34-18-20-5-3-2-4-6-20/h2-17H,18H2,1H3,(H2,30,32,33,35). The topological polar surface area (TPSA) is 63.2 Å². The van der Waals surface area contributed by atoms with E-state index >= 15 is 0 Å². The van der Waals surface area contributed by atoms with Crippen LogP contribution in [0.3, 0.4) is 0 Å². The van der Waals surface area contributed by atoms with E-state index in [2.05, 4.69) is 29.7 Å². The lowest BCUT2D eigenvalue weighted by Crippen LogP contribution is -2.34. The van der Waals surface area contributed by atoms with Crippen molar-refractivity contribution in [2.24, 2.45) is 0 Å². The van der Waals surface area contributed by atoms with E-state index in [9.17, 15) is 4.79 Å². The first kappa shape index (κ1) is 23.7. The van der Waals surface area contributed by atoms with Gasteiger partial charge in [0.15, 0.2) is 5.11 Å². The maximum absolute atomic E-state index is 12.6. The zero-order valence-electron chi connectivity index (χ0n) is 19.5. The maximum atomic E-state index is 12.6. The molecule has 0 saturated heterocycles. The summed E-state index contributed by atoms with van der Waals surface area (Å²) in [4.78, 5) is 17.3. The van der Waals surface area contributed by atoms with Crippen LogP contribution in [0.4, 0.5) is 5.69 Å². The Morgan fingerprint density at radius 2 is 1.69 bits per heavy atom. The van der Waals surface area contributed by atoms with Crippen molar-refractivity contribution in [1.29, 1.82) is 0 Å². The van der Waals surface area contributed by atoms with E-state index in [0.29, 0.717) is 17.9 Å². The van der Waals surface area contributed by atoms with Crippen molar-refractivity contribution in [3.05, 3.63) is 114 Å². The van der Waals surface area contributed by atoms with Gasteiger partial charge in [0.1, 0.15) is 17.4 Å². The van der Waals surface area contributed by atoms with Crippen molar-refractivity contribution in [3.8, 4) is 16.3 Å². The van der Waals surface area contributed by atoms with Gasteiger partial charge in [-0.2, -0.15) is 0 Å². The van der Waals surface area contributed by atoms with Gasteiger partial charge in [-0.25, -0.2) is 4.98 Å². The highest BCUT2D eigenvalue weighted by Gasteiger charge is 2.10. The van der Waals surface area contributed by atoms with Gasteiger partial charge < -0.3 is 10.1 Å². The normalized spacial score (nSPS) is 10.7. The number of rotatable bonds is 6. The highest BCUT2D eigenvalue weighted by atomic mass is 32.1. The number of carbonyl (C=O) groups excluding carboxylic acids is 1. The van der Waals surface area contributed by atoms with E-state index in [-0.39, 0.29) is 11.0 Å². The molecule has 1 amide bonds. The molecule has 1 heterocycles. The number of aromatic nitrogens is 1. The monoisotopic (exact) mass is 509 g/mol. The molecule has 178 valence electrons. The third kappa shape index (κ3) is 5.76. The van der Waals surface area contributed by atoms with Crippen LogP contribution < -0.4 is 15.4 Å². The van der Waals surface area contributed by atoms with E-state index in [1.165, 1.54) is 10.3 Å². The molecule has 0 spiro atoms. The molecular formula is C29H23N3O2S2. The number of carbonyl (C=O) groups is 1. The zero-order valence-corrected chi connectivity index (χ0v) is 21.2. The molecule has 7 heteroatoms. The molecule has 0 aliphatic rings. The van der Waals surface area contributed by atoms with Gasteiger partial charge in [-0.15, -0.1) is 11.3 Å². The Kier molecular flexibility index (Phi) is 7.02. The largest absolute Gasteiger partial charge is 0.489 e. The average Bonchev–Trinajstić information content (AvgIpc) is 3.32. The number of amides is 1. The van der Waals surface area contributed by atoms with Gasteiger partial charge in [0.25, 0.3) is 5.91 Å². The van der Waals surface area contributed by atoms with Gasteiger partial charge in [-0.05, 0) is 90.9 Å². The lowest BCUT2D eigenvalue weighted by molar-refractivity contribution is 0.0977. The molecule has 0 saturated carbocycles. The minimum absolute atomic E-state index is 0.229. The molecule has 0 fully saturated rings. The van der Waals surface area contributed by atoms with Gasteiger partial charge in [0.05, 0.1) is 10.2 Å². The third-order valence-corrected chi connectivity index (χ3v) is 6.80. The summed E-state index contributed by atoms with van der Waals surface area (Å²) in [7, 11) is 0. The third-order valence-electron chi connectivity index (χ3n) is 5.53. The van der Waals surface area contributed by atoms with E-state index in [4.69, 9.17) is 21.9 Å². The fourth-order valence-electron chi connectivity index (χ4n) is 3.63. The van der Waals surface area contributed by atoms with Crippen LogP contribution in [-0.4, -0.2) is 16.0 Å². The SMILES string of the molecule is Cc1ccc2nc(-c3ccc(NC(=S)NC(=O)c4ccc(OCc5ccccc5)cc4)cc3)sc2c1. The van der Waals surface area contributed by atoms with Crippen molar-refractivity contribution in [3.63, 3.8) is 0 Å². The predicted molar refractivity (Wildman–Crippen MR) is 151 cm³/mol. The van der Waals surface area contributed by atoms with Gasteiger partial charge in [-0.1, -0.05) is 36.4 Å². The van der Waals surface area contributed by atoms with Crippen LogP contribution in [0.25, 0.3) is 20.8 Å². The Bertz CT molecular complexity index is 1510. The molecule has 2 N–H and O–H groups in total. The molecule has 0 aliphatic carbocycles. The highest BCUT2D eigenvalue weighted by Crippen LogP contribution is 2.31. The first-order valence-corrected chi connectivity index (χ1v) is 12.6. The Morgan fingerprint density at radius 1 is 0.944 bits per heavy atom. The number of nitrogens with zero attached hydrogens (tertiary/aromatic N) is 1. The number of aryl methyl sites for hydroxylation is 1. The molecule has 36 heavy (non-hydrogen) atoms. The van der Waals surface area contributed by atoms with Crippen molar-refractivity contribution in [2.75, 3.05) is 5.32 Å². The quantitative estimate of drug-likeness (QED) is 0.242. The van der Waals surface area contributed by atoms with Crippen LogP contribution in [-0.2, 0) is 6.61 Å². The number of thiazole rings is 1. The van der Waals surface area contributed by atoms with E-state index in [0.717, 1.165) is 27.3 Å². The second kappa shape index (κ2) is 10.7. The first-order chi connectivity index (χ1) is 17.5. The Balaban J connectivity index is 1.15. The lowest BCUT2D eigenvalue weighted by atomic mass is 10.2. The van der Waals surface area contributed by atoms with E-state index in [1.54, 1.807) is 35.6 Å². The van der Waals surface area contributed by atoms with Crippen LogP contribution in [0.15, 0.2) is 97.1 Å². The summed E-state index contributed by atoms with van der Waals surface area (Å²) in [5.74, 6) is 0.406. The zero-order chi connectivity index (χ0) is 24.9. The summed E-state index contributed by atoms with van der Waals surface area (Å²) >= 11 is 7.01. The van der Waals surface area contributed by atoms with E-state index < -0.39 is 0 Å². The predicted octanol–water partition coefficient (Wildman–Crippen LogP) is 6.98. The summed E-state index contributed by atoms with van der Waals surface area (Å²) in [5.41, 5.74) is 5.61. The molecule has 0 bridgehead atoms. The molecule has 4 aromatic carbocycles. The fraction of sp³-hybridized carbons (Fsp3) is 0.0690. The Morgan fingerprint density at radius 3 is 2.44 bits per heavy atom. The molecule has 5 rings (SSSR count). The van der Waals surface area contributed by atoms with Crippen LogP contribution in [0.2, 0.25) is 0 Å². The Labute approximate surface area is 218 Å². The summed E-state index contributed by atoms with van der Waals surface area (Å²) < 4.78 is 6.95. The maximum Gasteiger partial charge on any atom is 0.257 e. The summed E-state index contributed by atoms with van der Waals surface area (Å²) in [6.07, 6.45) is 0. The van der Waals surface area contributed by atoms with Crippen LogP contribution >= 0.6 is 23.6 Å². The number of nitrogens with one attached hydrogen (secondary N) is 2. The number of thiocarbonyl (C=S) groups is 1. The average molecular weight is 510 g/mol. The summed E-state index contributed by atoms with van der Waals surface area (Å²) in [6, 6.07) is 31.0. The van der Waals surface area contributed by atoms with E-state index in [1.807, 2.05) is 60.7 Å². The highest BCUT2D eigenvalue weighted by molar-refractivity contribution is 7.80. The van der Waals surface area contributed by atoms with Crippen molar-refractivity contribution in [1.82, 2.24) is 10.3 Å². The molecule has 0 atom stereocenters. The lowest BCUT2D eigenvalue weighted by Gasteiger charge is -2.11. The first-order valence-electron chi connectivity index (χ1n) is 11.4. The molecule has 1 aromatic heterocycles. The molecule has 5 aromatic rings. The molecule has 0 unspecified atom stereocenters. The number of hydrogen-bond acceptors (Lipinski definition) is 5. The number of ether oxygens (including phenoxy) is 1. The summed E-state index contributed by atoms with van der Waals surface area (Å²) in [6.45, 7) is 2.55. The molecule has 0 aliphatic heterocycles. The van der Waals surface area contributed by atoms with Crippen LogP contribution in [0.1, 0.15) is 21.5 Å². The van der Waals surface area contributed by atoms with Gasteiger partial charge in [0, 0.05) is 16.8 Å². The van der Waals surface area contributed by atoms with Crippen molar-refractivity contribution >= 4 is 50.5 Å². The van der Waals surface area contributed by atoms with Gasteiger partial charge >= 0.3 is 0 Å². The fourth-order valence-corrected chi connectivity index (χ4v) is 4.91. The number of benzene rings is 4. The molecular weight excluding hydrogens is 486 g/mol. The van der Waals surface area contributed by atoms with Gasteiger partial charge in [-0.3, -0.25) is 10.1 Å². The Hall–Kier alpha value is -4.07. The van der Waals surface area contributed by atoms with Crippen molar-refractivity contribution in [2.45, 2.75) is 13.5 Å². The van der Waals surface area contributed by atoms with Crippen LogP contribution in [0.5, 0.6) is 5.75 Å². The van der Waals surface area contributed by atoms with Crippen molar-refractivity contribution < 1.29 is 9.53 Å². The second-order valence-electron chi connectivity index (χ2n) is 8.27. The molecule has 5 nitrogen and oxygen atoms in total. The van der Waals surface area contributed by atoms with Crippen LogP contribution in [0, 0.1) is 6.92 Å². The number of fused-ring (bicyclic) bond motifs is 1.